The van der Waals surface area contributed by atoms with Gasteiger partial charge in [0.05, 0.1) is 11.0 Å². The molecule has 1 unspecified atom stereocenters. The van der Waals surface area contributed by atoms with Crippen molar-refractivity contribution in [3.8, 4) is 11.1 Å². The number of benzene rings is 6. The third kappa shape index (κ3) is 3.46. The SMILES string of the molecule is CC1(C)c2ccccc2-c2c1cc1ccccc1c2C1N=C(n2c3ccccc3c3cc4c(cc32)C=CCC4)Nc2ccccc21. The number of hydrogen-bond acceptors (Lipinski definition) is 2. The molecule has 0 fully saturated rings. The smallest absolute Gasteiger partial charge is 0.208 e. The van der Waals surface area contributed by atoms with Crippen LogP contribution in [0.3, 0.4) is 0 Å². The number of nitrogens with zero attached hydrogens (tertiary/aromatic N) is 2. The lowest BCUT2D eigenvalue weighted by atomic mass is 9.80. The summed E-state index contributed by atoms with van der Waals surface area (Å²) in [6, 6.07) is 42.4. The van der Waals surface area contributed by atoms with Gasteiger partial charge in [-0.1, -0.05) is 111 Å². The van der Waals surface area contributed by atoms with Crippen LogP contribution in [0.25, 0.3) is 49.8 Å². The summed E-state index contributed by atoms with van der Waals surface area (Å²) >= 11 is 0. The molecule has 0 saturated heterocycles. The van der Waals surface area contributed by atoms with Gasteiger partial charge in [-0.05, 0) is 92.9 Å². The van der Waals surface area contributed by atoms with E-state index in [-0.39, 0.29) is 11.5 Å². The summed E-state index contributed by atoms with van der Waals surface area (Å²) in [7, 11) is 0. The van der Waals surface area contributed by atoms with Gasteiger partial charge in [0.25, 0.3) is 0 Å². The van der Waals surface area contributed by atoms with Crippen molar-refractivity contribution in [2.75, 3.05) is 5.32 Å². The molecule has 0 bridgehead atoms. The normalized spacial score (nSPS) is 17.3. The number of allylic oxidation sites excluding steroid dienone is 1. The first kappa shape index (κ1) is 25.9. The molecule has 10 rings (SSSR count). The zero-order valence-electron chi connectivity index (χ0n) is 26.0. The molecular formula is C43H33N3. The van der Waals surface area contributed by atoms with E-state index in [4.69, 9.17) is 4.99 Å². The van der Waals surface area contributed by atoms with Gasteiger partial charge in [-0.25, -0.2) is 4.99 Å². The molecular weight excluding hydrogens is 558 g/mol. The maximum Gasteiger partial charge on any atom is 0.208 e. The van der Waals surface area contributed by atoms with E-state index in [0.29, 0.717) is 0 Å². The number of aliphatic imine (C=N–C) groups is 1. The van der Waals surface area contributed by atoms with Crippen LogP contribution in [0.2, 0.25) is 0 Å². The van der Waals surface area contributed by atoms with Gasteiger partial charge in [-0.2, -0.15) is 0 Å². The van der Waals surface area contributed by atoms with E-state index >= 15 is 0 Å². The summed E-state index contributed by atoms with van der Waals surface area (Å²) in [5.41, 5.74) is 14.0. The second-order valence-corrected chi connectivity index (χ2v) is 13.5. The van der Waals surface area contributed by atoms with Crippen molar-refractivity contribution in [1.82, 2.24) is 4.57 Å². The van der Waals surface area contributed by atoms with Crippen LogP contribution in [0.1, 0.15) is 59.7 Å². The minimum absolute atomic E-state index is 0.108. The predicted molar refractivity (Wildman–Crippen MR) is 193 cm³/mol. The highest BCUT2D eigenvalue weighted by Crippen LogP contribution is 2.55. The van der Waals surface area contributed by atoms with Gasteiger partial charge in [0.15, 0.2) is 0 Å². The van der Waals surface area contributed by atoms with Crippen LogP contribution in [0.15, 0.2) is 126 Å². The van der Waals surface area contributed by atoms with Gasteiger partial charge >= 0.3 is 0 Å². The van der Waals surface area contributed by atoms with Crippen molar-refractivity contribution in [2.45, 2.75) is 38.1 Å². The standard InChI is InChI=1S/C43H33N3/c1-43(2)34-20-10-7-18-31(34)39-35(43)24-28-15-5-6-16-29(28)40(39)41-32-19-8-11-21-36(32)44-42(45-41)46-37-22-12-9-17-30(37)33-23-26-13-3-4-14-27(26)25-38(33)46/h4-12,14-25,41H,3,13H2,1-2H3,(H,44,45). The Labute approximate surface area is 268 Å². The lowest BCUT2D eigenvalue weighted by Crippen LogP contribution is -2.28. The molecule has 0 saturated carbocycles. The lowest BCUT2D eigenvalue weighted by Gasteiger charge is -2.29. The van der Waals surface area contributed by atoms with Crippen molar-refractivity contribution >= 4 is 50.3 Å². The lowest BCUT2D eigenvalue weighted by molar-refractivity contribution is 0.660. The Hall–Kier alpha value is -5.41. The number of aryl methyl sites for hydroxylation is 1. The zero-order chi connectivity index (χ0) is 30.6. The summed E-state index contributed by atoms with van der Waals surface area (Å²) in [6.07, 6.45) is 6.76. The summed E-state index contributed by atoms with van der Waals surface area (Å²) < 4.78 is 2.36. The van der Waals surface area contributed by atoms with Crippen LogP contribution in [0.5, 0.6) is 0 Å². The molecule has 2 heterocycles. The van der Waals surface area contributed by atoms with Crippen LogP contribution in [-0.2, 0) is 11.8 Å². The predicted octanol–water partition coefficient (Wildman–Crippen LogP) is 10.6. The molecule has 3 nitrogen and oxygen atoms in total. The summed E-state index contributed by atoms with van der Waals surface area (Å²) in [6.45, 7) is 4.74. The molecule has 1 aliphatic heterocycles. The third-order valence-corrected chi connectivity index (χ3v) is 10.7. The van der Waals surface area contributed by atoms with Crippen molar-refractivity contribution in [2.24, 2.45) is 4.99 Å². The van der Waals surface area contributed by atoms with E-state index in [2.05, 4.69) is 151 Å². The molecule has 0 amide bonds. The van der Waals surface area contributed by atoms with Crippen molar-refractivity contribution in [3.05, 3.63) is 155 Å². The van der Waals surface area contributed by atoms with Crippen LogP contribution in [-0.4, -0.2) is 10.5 Å². The quantitative estimate of drug-likeness (QED) is 0.202. The largest absolute Gasteiger partial charge is 0.325 e. The van der Waals surface area contributed by atoms with Crippen LogP contribution in [0, 0.1) is 0 Å². The van der Waals surface area contributed by atoms with Crippen molar-refractivity contribution in [3.63, 3.8) is 0 Å². The van der Waals surface area contributed by atoms with E-state index in [9.17, 15) is 0 Å². The second kappa shape index (κ2) is 9.31. The first-order valence-corrected chi connectivity index (χ1v) is 16.4. The van der Waals surface area contributed by atoms with Gasteiger partial charge < -0.3 is 5.32 Å². The summed E-state index contributed by atoms with van der Waals surface area (Å²) in [5, 5.41) is 8.88. The first-order chi connectivity index (χ1) is 22.6. The maximum absolute atomic E-state index is 5.75. The monoisotopic (exact) mass is 591 g/mol. The number of aromatic nitrogens is 1. The highest BCUT2D eigenvalue weighted by Gasteiger charge is 2.40. The zero-order valence-corrected chi connectivity index (χ0v) is 26.0. The number of fused-ring (bicyclic) bond motifs is 9. The Bertz CT molecular complexity index is 2490. The Balaban J connectivity index is 1.31. The van der Waals surface area contributed by atoms with Crippen molar-refractivity contribution < 1.29 is 0 Å². The fourth-order valence-corrected chi connectivity index (χ4v) is 8.49. The van der Waals surface area contributed by atoms with E-state index in [1.807, 2.05) is 0 Å². The molecule has 1 atom stereocenters. The molecule has 2 aliphatic carbocycles. The van der Waals surface area contributed by atoms with E-state index in [0.717, 1.165) is 24.5 Å². The highest BCUT2D eigenvalue weighted by atomic mass is 15.2. The number of rotatable bonds is 1. The number of nitrogens with one attached hydrogen (secondary N) is 1. The molecule has 1 aromatic heterocycles. The van der Waals surface area contributed by atoms with Gasteiger partial charge in [0, 0.05) is 27.4 Å². The number of hydrogen-bond donors (Lipinski definition) is 1. The Morgan fingerprint density at radius 2 is 1.52 bits per heavy atom. The molecule has 0 spiro atoms. The number of anilines is 1. The molecule has 0 radical (unpaired) electrons. The summed E-state index contributed by atoms with van der Waals surface area (Å²) in [5.74, 6) is 0.863. The van der Waals surface area contributed by atoms with Crippen LogP contribution < -0.4 is 5.32 Å². The maximum atomic E-state index is 5.75. The van der Waals surface area contributed by atoms with Crippen molar-refractivity contribution in [1.29, 1.82) is 0 Å². The second-order valence-electron chi connectivity index (χ2n) is 13.5. The Morgan fingerprint density at radius 1 is 0.739 bits per heavy atom. The van der Waals surface area contributed by atoms with E-state index in [1.54, 1.807) is 0 Å². The molecule has 46 heavy (non-hydrogen) atoms. The van der Waals surface area contributed by atoms with Crippen LogP contribution >= 0.6 is 0 Å². The third-order valence-electron chi connectivity index (χ3n) is 10.7. The molecule has 6 aromatic carbocycles. The fraction of sp³-hybridized carbons (Fsp3) is 0.140. The van der Waals surface area contributed by atoms with Gasteiger partial charge in [-0.3, -0.25) is 4.57 Å². The average Bonchev–Trinajstić information content (AvgIpc) is 3.53. The van der Waals surface area contributed by atoms with Gasteiger partial charge in [0.1, 0.15) is 6.04 Å². The molecule has 1 N–H and O–H groups in total. The first-order valence-electron chi connectivity index (χ1n) is 16.4. The topological polar surface area (TPSA) is 29.3 Å². The molecule has 7 aromatic rings. The average molecular weight is 592 g/mol. The Kier molecular flexibility index (Phi) is 5.23. The van der Waals surface area contributed by atoms with E-state index in [1.165, 1.54) is 77.1 Å². The Morgan fingerprint density at radius 3 is 2.46 bits per heavy atom. The van der Waals surface area contributed by atoms with Gasteiger partial charge in [-0.15, -0.1) is 0 Å². The van der Waals surface area contributed by atoms with Crippen LogP contribution in [0.4, 0.5) is 5.69 Å². The minimum atomic E-state index is -0.192. The van der Waals surface area contributed by atoms with Gasteiger partial charge in [0.2, 0.25) is 5.96 Å². The highest BCUT2D eigenvalue weighted by molar-refractivity contribution is 6.17. The fourth-order valence-electron chi connectivity index (χ4n) is 8.49. The minimum Gasteiger partial charge on any atom is -0.325 e. The molecule has 3 aliphatic rings. The summed E-state index contributed by atoms with van der Waals surface area (Å²) in [4.78, 5) is 5.75. The number of para-hydroxylation sites is 2. The molecule has 220 valence electrons. The molecule has 3 heteroatoms. The van der Waals surface area contributed by atoms with E-state index < -0.39 is 0 Å².